The molecule has 0 aromatic carbocycles. The second kappa shape index (κ2) is 5.37. The van der Waals surface area contributed by atoms with E-state index in [0.717, 1.165) is 4.88 Å². The third kappa shape index (κ3) is 2.44. The number of nitrogens with zero attached hydrogens (tertiary/aromatic N) is 1. The van der Waals surface area contributed by atoms with Crippen LogP contribution in [0.3, 0.4) is 0 Å². The molecule has 1 aliphatic heterocycles. The number of likely N-dealkylation sites (tertiary alicyclic amines) is 1. The SMILES string of the molecule is COc1cc(C)sc1C(=O)N1CC(C)C(O)(C(C)C)C1. The molecule has 5 heteroatoms. The number of ether oxygens (including phenoxy) is 1. The van der Waals surface area contributed by atoms with Crippen LogP contribution >= 0.6 is 11.3 Å². The summed E-state index contributed by atoms with van der Waals surface area (Å²) in [6, 6.07) is 1.88. The van der Waals surface area contributed by atoms with Gasteiger partial charge in [-0.25, -0.2) is 0 Å². The average Bonchev–Trinajstić information content (AvgIpc) is 2.91. The Morgan fingerprint density at radius 2 is 2.25 bits per heavy atom. The quantitative estimate of drug-likeness (QED) is 0.933. The van der Waals surface area contributed by atoms with E-state index < -0.39 is 5.60 Å². The summed E-state index contributed by atoms with van der Waals surface area (Å²) in [7, 11) is 1.58. The average molecular weight is 297 g/mol. The standard InChI is InChI=1S/C15H23NO3S/c1-9(2)15(18)8-16(7-10(15)3)14(17)13-12(19-5)6-11(4)20-13/h6,9-10,18H,7-8H2,1-5H3. The Kier molecular flexibility index (Phi) is 4.12. The van der Waals surface area contributed by atoms with Crippen LogP contribution in [0.2, 0.25) is 0 Å². The van der Waals surface area contributed by atoms with Crippen molar-refractivity contribution in [2.45, 2.75) is 33.3 Å². The lowest BCUT2D eigenvalue weighted by atomic mass is 9.82. The zero-order valence-electron chi connectivity index (χ0n) is 12.8. The highest BCUT2D eigenvalue weighted by molar-refractivity contribution is 7.14. The van der Waals surface area contributed by atoms with Crippen LogP contribution in [0.15, 0.2) is 6.07 Å². The highest BCUT2D eigenvalue weighted by Crippen LogP contribution is 2.37. The van der Waals surface area contributed by atoms with E-state index in [9.17, 15) is 9.90 Å². The van der Waals surface area contributed by atoms with Crippen LogP contribution in [0.4, 0.5) is 0 Å². The minimum absolute atomic E-state index is 0.0385. The van der Waals surface area contributed by atoms with E-state index in [1.807, 2.05) is 33.8 Å². The summed E-state index contributed by atoms with van der Waals surface area (Å²) in [6.07, 6.45) is 0. The van der Waals surface area contributed by atoms with Gasteiger partial charge in [0, 0.05) is 17.3 Å². The molecular formula is C15H23NO3S. The van der Waals surface area contributed by atoms with Crippen LogP contribution in [0, 0.1) is 18.8 Å². The van der Waals surface area contributed by atoms with Crippen molar-refractivity contribution < 1.29 is 14.6 Å². The van der Waals surface area contributed by atoms with Gasteiger partial charge in [0.15, 0.2) is 0 Å². The first-order valence-electron chi connectivity index (χ1n) is 6.95. The Balaban J connectivity index is 2.23. The van der Waals surface area contributed by atoms with Crippen LogP contribution in [-0.2, 0) is 0 Å². The largest absolute Gasteiger partial charge is 0.495 e. The van der Waals surface area contributed by atoms with E-state index in [0.29, 0.717) is 23.7 Å². The third-order valence-electron chi connectivity index (χ3n) is 4.31. The highest BCUT2D eigenvalue weighted by atomic mass is 32.1. The Bertz CT molecular complexity index is 511. The third-order valence-corrected chi connectivity index (χ3v) is 5.33. The molecule has 20 heavy (non-hydrogen) atoms. The summed E-state index contributed by atoms with van der Waals surface area (Å²) in [6.45, 7) is 8.95. The highest BCUT2D eigenvalue weighted by Gasteiger charge is 2.46. The van der Waals surface area contributed by atoms with Gasteiger partial charge in [-0.2, -0.15) is 0 Å². The van der Waals surface area contributed by atoms with Gasteiger partial charge in [-0.3, -0.25) is 4.79 Å². The summed E-state index contributed by atoms with van der Waals surface area (Å²) in [4.78, 5) is 16.1. The van der Waals surface area contributed by atoms with E-state index in [1.54, 1.807) is 12.0 Å². The summed E-state index contributed by atoms with van der Waals surface area (Å²) >= 11 is 1.45. The molecule has 1 fully saturated rings. The molecule has 0 radical (unpaired) electrons. The Morgan fingerprint density at radius 3 is 2.75 bits per heavy atom. The van der Waals surface area contributed by atoms with Gasteiger partial charge in [-0.1, -0.05) is 20.8 Å². The smallest absolute Gasteiger partial charge is 0.267 e. The van der Waals surface area contributed by atoms with Crippen LogP contribution in [0.1, 0.15) is 35.3 Å². The molecule has 0 spiro atoms. The fourth-order valence-electron chi connectivity index (χ4n) is 2.86. The summed E-state index contributed by atoms with van der Waals surface area (Å²) in [5, 5.41) is 10.7. The van der Waals surface area contributed by atoms with Crippen molar-refractivity contribution in [2.24, 2.45) is 11.8 Å². The number of aliphatic hydroxyl groups is 1. The lowest BCUT2D eigenvalue weighted by Crippen LogP contribution is -2.43. The molecule has 2 unspecified atom stereocenters. The van der Waals surface area contributed by atoms with Gasteiger partial charge in [0.25, 0.3) is 5.91 Å². The lowest BCUT2D eigenvalue weighted by molar-refractivity contribution is -0.0243. The second-order valence-electron chi connectivity index (χ2n) is 5.99. The molecule has 2 atom stereocenters. The predicted octanol–water partition coefficient (Wildman–Crippen LogP) is 2.54. The van der Waals surface area contributed by atoms with Crippen molar-refractivity contribution in [3.8, 4) is 5.75 Å². The van der Waals surface area contributed by atoms with Gasteiger partial charge >= 0.3 is 0 Å². The van der Waals surface area contributed by atoms with Crippen molar-refractivity contribution in [3.05, 3.63) is 15.8 Å². The number of amides is 1. The second-order valence-corrected chi connectivity index (χ2v) is 7.24. The van der Waals surface area contributed by atoms with Crippen LogP contribution < -0.4 is 4.74 Å². The van der Waals surface area contributed by atoms with Gasteiger partial charge in [0.1, 0.15) is 10.6 Å². The van der Waals surface area contributed by atoms with Gasteiger partial charge in [0.05, 0.1) is 19.3 Å². The summed E-state index contributed by atoms with van der Waals surface area (Å²) in [5.74, 6) is 0.800. The van der Waals surface area contributed by atoms with E-state index in [2.05, 4.69) is 0 Å². The number of hydrogen-bond donors (Lipinski definition) is 1. The van der Waals surface area contributed by atoms with E-state index >= 15 is 0 Å². The van der Waals surface area contributed by atoms with E-state index in [4.69, 9.17) is 4.74 Å². The number of hydrogen-bond acceptors (Lipinski definition) is 4. The molecule has 0 saturated carbocycles. The number of thiophene rings is 1. The zero-order chi connectivity index (χ0) is 15.1. The number of carbonyl (C=O) groups is 1. The molecule has 1 aliphatic rings. The van der Waals surface area contributed by atoms with Crippen molar-refractivity contribution in [2.75, 3.05) is 20.2 Å². The number of carbonyl (C=O) groups excluding carboxylic acids is 1. The Labute approximate surface area is 124 Å². The van der Waals surface area contributed by atoms with Crippen molar-refractivity contribution in [3.63, 3.8) is 0 Å². The van der Waals surface area contributed by atoms with E-state index in [1.165, 1.54) is 11.3 Å². The monoisotopic (exact) mass is 297 g/mol. The van der Waals surface area contributed by atoms with Crippen LogP contribution in [0.5, 0.6) is 5.75 Å². The first-order valence-corrected chi connectivity index (χ1v) is 7.77. The first kappa shape index (κ1) is 15.3. The number of aryl methyl sites for hydroxylation is 1. The molecule has 1 aromatic heterocycles. The molecular weight excluding hydrogens is 274 g/mol. The fraction of sp³-hybridized carbons (Fsp3) is 0.667. The summed E-state index contributed by atoms with van der Waals surface area (Å²) < 4.78 is 5.27. The minimum atomic E-state index is -0.796. The Morgan fingerprint density at radius 1 is 1.60 bits per heavy atom. The maximum absolute atomic E-state index is 12.6. The zero-order valence-corrected chi connectivity index (χ0v) is 13.6. The van der Waals surface area contributed by atoms with Gasteiger partial charge < -0.3 is 14.7 Å². The topological polar surface area (TPSA) is 49.8 Å². The summed E-state index contributed by atoms with van der Waals surface area (Å²) in [5.41, 5.74) is -0.796. The van der Waals surface area contributed by atoms with Crippen LogP contribution in [-0.4, -0.2) is 41.7 Å². The Hall–Kier alpha value is -1.07. The predicted molar refractivity (Wildman–Crippen MR) is 80.5 cm³/mol. The molecule has 112 valence electrons. The minimum Gasteiger partial charge on any atom is -0.495 e. The van der Waals surface area contributed by atoms with Crippen molar-refractivity contribution >= 4 is 17.2 Å². The fourth-order valence-corrected chi connectivity index (χ4v) is 3.80. The normalized spacial score (nSPS) is 26.4. The van der Waals surface area contributed by atoms with Crippen molar-refractivity contribution in [1.29, 1.82) is 0 Å². The molecule has 1 N–H and O–H groups in total. The number of rotatable bonds is 3. The molecule has 0 bridgehead atoms. The maximum Gasteiger partial charge on any atom is 0.267 e. The maximum atomic E-state index is 12.6. The molecule has 0 aliphatic carbocycles. The molecule has 2 heterocycles. The molecule has 4 nitrogen and oxygen atoms in total. The molecule has 1 saturated heterocycles. The van der Waals surface area contributed by atoms with Crippen LogP contribution in [0.25, 0.3) is 0 Å². The van der Waals surface area contributed by atoms with Gasteiger partial charge in [-0.15, -0.1) is 11.3 Å². The number of methoxy groups -OCH3 is 1. The van der Waals surface area contributed by atoms with E-state index in [-0.39, 0.29) is 17.7 Å². The van der Waals surface area contributed by atoms with Crippen molar-refractivity contribution in [1.82, 2.24) is 4.90 Å². The van der Waals surface area contributed by atoms with Gasteiger partial charge in [-0.05, 0) is 18.9 Å². The first-order chi connectivity index (χ1) is 9.29. The number of β-amino-alcohol motifs (C(OH)–C–C–N with tert-alkyl or cyclic N) is 1. The molecule has 2 rings (SSSR count). The molecule has 1 amide bonds. The molecule has 1 aromatic rings. The van der Waals surface area contributed by atoms with Gasteiger partial charge in [0.2, 0.25) is 0 Å². The lowest BCUT2D eigenvalue weighted by Gasteiger charge is -2.30.